The van der Waals surface area contributed by atoms with Crippen LogP contribution in [0.5, 0.6) is 0 Å². The van der Waals surface area contributed by atoms with Crippen molar-refractivity contribution < 1.29 is 13.2 Å². The van der Waals surface area contributed by atoms with Gasteiger partial charge in [-0.1, -0.05) is 35.9 Å². The van der Waals surface area contributed by atoms with Crippen molar-refractivity contribution >= 4 is 15.9 Å². The van der Waals surface area contributed by atoms with Crippen LogP contribution in [0.3, 0.4) is 0 Å². The topological polar surface area (TPSA) is 75.3 Å². The van der Waals surface area contributed by atoms with Crippen molar-refractivity contribution in [3.05, 3.63) is 65.2 Å². The highest BCUT2D eigenvalue weighted by Crippen LogP contribution is 2.10. The molecule has 2 aromatic carbocycles. The number of hydrogen-bond acceptors (Lipinski definition) is 3. The Hall–Kier alpha value is -2.18. The monoisotopic (exact) mass is 304 g/mol. The van der Waals surface area contributed by atoms with E-state index in [1.165, 1.54) is 12.1 Å². The summed E-state index contributed by atoms with van der Waals surface area (Å²) < 4.78 is 24.1. The van der Waals surface area contributed by atoms with Gasteiger partial charge in [0.25, 0.3) is 15.9 Å². The Bertz CT molecular complexity index is 753. The lowest BCUT2D eigenvalue weighted by molar-refractivity contribution is 0.0944. The molecule has 0 heterocycles. The van der Waals surface area contributed by atoms with Gasteiger partial charge >= 0.3 is 0 Å². The highest BCUT2D eigenvalue weighted by atomic mass is 32.2. The molecule has 0 spiro atoms. The summed E-state index contributed by atoms with van der Waals surface area (Å²) in [5, 5.41) is 0. The van der Waals surface area contributed by atoms with Gasteiger partial charge in [0.05, 0.1) is 4.90 Å². The van der Waals surface area contributed by atoms with E-state index in [4.69, 9.17) is 0 Å². The van der Waals surface area contributed by atoms with Crippen molar-refractivity contribution in [3.63, 3.8) is 0 Å². The molecule has 2 rings (SSSR count). The predicted molar refractivity (Wildman–Crippen MR) is 80.1 cm³/mol. The van der Waals surface area contributed by atoms with Crippen LogP contribution in [0, 0.1) is 13.8 Å². The minimum absolute atomic E-state index is 0.0955. The van der Waals surface area contributed by atoms with Gasteiger partial charge in [-0.2, -0.15) is 0 Å². The van der Waals surface area contributed by atoms with Crippen LogP contribution in [-0.4, -0.2) is 14.3 Å². The van der Waals surface area contributed by atoms with Crippen LogP contribution in [0.1, 0.15) is 21.5 Å². The van der Waals surface area contributed by atoms with Crippen molar-refractivity contribution in [3.8, 4) is 0 Å². The number of nitrogens with one attached hydrogen (secondary N) is 2. The molecule has 2 N–H and O–H groups in total. The molecule has 0 atom stereocenters. The lowest BCUT2D eigenvalue weighted by atomic mass is 10.1. The first-order chi connectivity index (χ1) is 9.90. The van der Waals surface area contributed by atoms with Crippen molar-refractivity contribution in [2.24, 2.45) is 0 Å². The summed E-state index contributed by atoms with van der Waals surface area (Å²) in [5.41, 5.74) is 4.36. The van der Waals surface area contributed by atoms with Gasteiger partial charge in [-0.25, -0.2) is 8.42 Å². The number of sulfonamides is 1. The number of carbonyl (C=O) groups excluding carboxylic acids is 1. The van der Waals surface area contributed by atoms with Crippen LogP contribution in [0.15, 0.2) is 53.4 Å². The molecule has 2 aromatic rings. The van der Waals surface area contributed by atoms with Gasteiger partial charge in [-0.05, 0) is 37.6 Å². The molecule has 0 fully saturated rings. The first-order valence-corrected chi connectivity index (χ1v) is 7.83. The second-order valence-corrected chi connectivity index (χ2v) is 6.37. The molecule has 0 saturated heterocycles. The summed E-state index contributed by atoms with van der Waals surface area (Å²) in [7, 11) is -3.77. The lowest BCUT2D eigenvalue weighted by Crippen LogP contribution is -2.41. The van der Waals surface area contributed by atoms with Gasteiger partial charge in [0.15, 0.2) is 0 Å². The van der Waals surface area contributed by atoms with Crippen LogP contribution < -0.4 is 10.3 Å². The molecule has 0 aliphatic rings. The van der Waals surface area contributed by atoms with Gasteiger partial charge < -0.3 is 0 Å². The quantitative estimate of drug-likeness (QED) is 0.848. The highest BCUT2D eigenvalue weighted by molar-refractivity contribution is 7.89. The molecule has 0 aliphatic carbocycles. The molecule has 1 amide bonds. The van der Waals surface area contributed by atoms with Gasteiger partial charge in [0, 0.05) is 5.56 Å². The zero-order chi connectivity index (χ0) is 15.5. The Morgan fingerprint density at radius 2 is 1.57 bits per heavy atom. The number of hydrogen-bond donors (Lipinski definition) is 2. The third-order valence-electron chi connectivity index (χ3n) is 3.02. The first kappa shape index (κ1) is 15.2. The SMILES string of the molecule is Cc1ccc(S(=O)(=O)NNC(=O)c2ccccc2C)cc1. The summed E-state index contributed by atoms with van der Waals surface area (Å²) in [4.78, 5) is 14.1. The fraction of sp³-hybridized carbons (Fsp3) is 0.133. The van der Waals surface area contributed by atoms with Crippen LogP contribution in [0.4, 0.5) is 0 Å². The highest BCUT2D eigenvalue weighted by Gasteiger charge is 2.16. The number of benzene rings is 2. The molecule has 0 saturated carbocycles. The average Bonchev–Trinajstić information content (AvgIpc) is 2.46. The zero-order valence-electron chi connectivity index (χ0n) is 11.8. The van der Waals surface area contributed by atoms with E-state index in [1.54, 1.807) is 37.3 Å². The first-order valence-electron chi connectivity index (χ1n) is 6.34. The zero-order valence-corrected chi connectivity index (χ0v) is 12.6. The molecule has 110 valence electrons. The van der Waals surface area contributed by atoms with E-state index in [0.29, 0.717) is 5.56 Å². The van der Waals surface area contributed by atoms with Crippen molar-refractivity contribution in [1.82, 2.24) is 10.3 Å². The fourth-order valence-electron chi connectivity index (χ4n) is 1.78. The molecule has 21 heavy (non-hydrogen) atoms. The number of carbonyl (C=O) groups is 1. The van der Waals surface area contributed by atoms with E-state index in [9.17, 15) is 13.2 Å². The number of amides is 1. The van der Waals surface area contributed by atoms with E-state index in [0.717, 1.165) is 11.1 Å². The van der Waals surface area contributed by atoms with E-state index < -0.39 is 15.9 Å². The smallest absolute Gasteiger partial charge is 0.266 e. The molecule has 0 radical (unpaired) electrons. The molecular formula is C15H16N2O3S. The van der Waals surface area contributed by atoms with Crippen LogP contribution in [0.2, 0.25) is 0 Å². The maximum absolute atomic E-state index is 12.0. The number of hydrazine groups is 1. The minimum atomic E-state index is -3.77. The molecule has 5 nitrogen and oxygen atoms in total. The molecule has 0 unspecified atom stereocenters. The molecule has 0 aromatic heterocycles. The maximum Gasteiger partial charge on any atom is 0.266 e. The van der Waals surface area contributed by atoms with Gasteiger partial charge in [-0.3, -0.25) is 10.2 Å². The molecule has 0 aliphatic heterocycles. The molecule has 0 bridgehead atoms. The van der Waals surface area contributed by atoms with Crippen molar-refractivity contribution in [2.45, 2.75) is 18.7 Å². The van der Waals surface area contributed by atoms with Crippen LogP contribution in [0.25, 0.3) is 0 Å². The second kappa shape index (κ2) is 6.07. The number of aryl methyl sites for hydroxylation is 2. The summed E-state index contributed by atoms with van der Waals surface area (Å²) >= 11 is 0. The van der Waals surface area contributed by atoms with E-state index in [2.05, 4.69) is 10.3 Å². The number of rotatable bonds is 4. The van der Waals surface area contributed by atoms with Gasteiger partial charge in [0.1, 0.15) is 0 Å². The van der Waals surface area contributed by atoms with Crippen molar-refractivity contribution in [2.75, 3.05) is 0 Å². The summed E-state index contributed by atoms with van der Waals surface area (Å²) in [6.45, 7) is 3.65. The normalized spacial score (nSPS) is 11.1. The van der Waals surface area contributed by atoms with E-state index in [-0.39, 0.29) is 4.90 Å². The van der Waals surface area contributed by atoms with Crippen molar-refractivity contribution in [1.29, 1.82) is 0 Å². The third-order valence-corrected chi connectivity index (χ3v) is 4.28. The summed E-state index contributed by atoms with van der Waals surface area (Å²) in [6.07, 6.45) is 0. The van der Waals surface area contributed by atoms with Gasteiger partial charge in [-0.15, -0.1) is 4.83 Å². The lowest BCUT2D eigenvalue weighted by Gasteiger charge is -2.10. The van der Waals surface area contributed by atoms with E-state index >= 15 is 0 Å². The predicted octanol–water partition coefficient (Wildman–Crippen LogP) is 1.93. The third kappa shape index (κ3) is 3.68. The standard InChI is InChI=1S/C15H16N2O3S/c1-11-7-9-13(10-8-11)21(19,20)17-16-15(18)14-6-4-3-5-12(14)2/h3-10,17H,1-2H3,(H,16,18). The average molecular weight is 304 g/mol. The second-order valence-electron chi connectivity index (χ2n) is 4.69. The van der Waals surface area contributed by atoms with Crippen LogP contribution in [-0.2, 0) is 10.0 Å². The summed E-state index contributed by atoms with van der Waals surface area (Å²) in [6, 6.07) is 13.3. The Labute approximate surface area is 124 Å². The van der Waals surface area contributed by atoms with Gasteiger partial charge in [0.2, 0.25) is 0 Å². The Morgan fingerprint density at radius 3 is 2.19 bits per heavy atom. The minimum Gasteiger partial charge on any atom is -0.273 e. The van der Waals surface area contributed by atoms with E-state index in [1.807, 2.05) is 13.0 Å². The largest absolute Gasteiger partial charge is 0.273 e. The Kier molecular flexibility index (Phi) is 4.40. The summed E-state index contributed by atoms with van der Waals surface area (Å²) in [5.74, 6) is -0.496. The molecular weight excluding hydrogens is 288 g/mol. The molecule has 6 heteroatoms. The maximum atomic E-state index is 12.0. The Morgan fingerprint density at radius 1 is 0.952 bits per heavy atom. The Balaban J connectivity index is 2.10. The van der Waals surface area contributed by atoms with Crippen LogP contribution >= 0.6 is 0 Å². The fourth-order valence-corrected chi connectivity index (χ4v) is 2.62.